The van der Waals surface area contributed by atoms with Crippen molar-refractivity contribution in [3.8, 4) is 11.5 Å². The number of carbonyl (C=O) groups excluding carboxylic acids is 1. The van der Waals surface area contributed by atoms with Crippen molar-refractivity contribution in [2.24, 2.45) is 0 Å². The van der Waals surface area contributed by atoms with Crippen LogP contribution < -0.4 is 4.74 Å². The fraction of sp³-hybridized carbons (Fsp3) is 0.316. The van der Waals surface area contributed by atoms with Crippen molar-refractivity contribution in [1.82, 2.24) is 0 Å². The summed E-state index contributed by atoms with van der Waals surface area (Å²) in [6.45, 7) is 4.65. The Morgan fingerprint density at radius 3 is 2.25 bits per heavy atom. The van der Waals surface area contributed by atoms with Crippen molar-refractivity contribution in [3.05, 3.63) is 59.7 Å². The third kappa shape index (κ3) is 3.93. The Morgan fingerprint density at radius 1 is 1.12 bits per heavy atom. The average Bonchev–Trinajstić information content (AvgIpc) is 2.93. The minimum Gasteiger partial charge on any atom is -0.508 e. The summed E-state index contributed by atoms with van der Waals surface area (Å²) in [7, 11) is 0. The molecule has 1 fully saturated rings. The molecule has 0 aliphatic carbocycles. The van der Waals surface area contributed by atoms with Crippen LogP contribution in [0.3, 0.4) is 0 Å². The molecular formula is C19H20O5. The van der Waals surface area contributed by atoms with E-state index in [0.29, 0.717) is 30.1 Å². The summed E-state index contributed by atoms with van der Waals surface area (Å²) in [6, 6.07) is 13.2. The number of aromatic hydroxyl groups is 1. The number of ether oxygens (including phenoxy) is 3. The van der Waals surface area contributed by atoms with E-state index in [4.69, 9.17) is 14.2 Å². The molecular weight excluding hydrogens is 308 g/mol. The van der Waals surface area contributed by atoms with Gasteiger partial charge in [0, 0.05) is 11.1 Å². The van der Waals surface area contributed by atoms with E-state index in [0.717, 1.165) is 0 Å². The second kappa shape index (κ2) is 6.63. The van der Waals surface area contributed by atoms with Gasteiger partial charge in [0.2, 0.25) is 0 Å². The average molecular weight is 328 g/mol. The van der Waals surface area contributed by atoms with Gasteiger partial charge in [-0.15, -0.1) is 0 Å². The van der Waals surface area contributed by atoms with Gasteiger partial charge >= 0.3 is 0 Å². The van der Waals surface area contributed by atoms with Crippen LogP contribution in [0.5, 0.6) is 11.5 Å². The van der Waals surface area contributed by atoms with Gasteiger partial charge in [-0.05, 0) is 62.4 Å². The normalized spacial score (nSPS) is 19.2. The van der Waals surface area contributed by atoms with Crippen LogP contribution in [0.25, 0.3) is 0 Å². The molecule has 2 aromatic rings. The molecule has 0 unspecified atom stereocenters. The second-order valence-electron chi connectivity index (χ2n) is 6.16. The third-order valence-electron chi connectivity index (χ3n) is 3.75. The number of hydrogen-bond acceptors (Lipinski definition) is 5. The third-order valence-corrected chi connectivity index (χ3v) is 3.75. The molecule has 5 heteroatoms. The number of benzene rings is 2. The molecule has 1 N–H and O–H groups in total. The minimum absolute atomic E-state index is 0.0988. The Kier molecular flexibility index (Phi) is 4.55. The topological polar surface area (TPSA) is 65.0 Å². The lowest BCUT2D eigenvalue weighted by Gasteiger charge is -2.17. The molecule has 1 heterocycles. The lowest BCUT2D eigenvalue weighted by atomic mass is 10.0. The van der Waals surface area contributed by atoms with Gasteiger partial charge in [0.05, 0.1) is 6.61 Å². The molecule has 3 rings (SSSR count). The summed E-state index contributed by atoms with van der Waals surface area (Å²) in [5.41, 5.74) is 1.09. The van der Waals surface area contributed by atoms with Gasteiger partial charge in [-0.1, -0.05) is 0 Å². The zero-order valence-corrected chi connectivity index (χ0v) is 13.7. The van der Waals surface area contributed by atoms with Crippen molar-refractivity contribution < 1.29 is 24.1 Å². The number of hydrogen-bond donors (Lipinski definition) is 1. The maximum Gasteiger partial charge on any atom is 0.193 e. The first-order valence-corrected chi connectivity index (χ1v) is 7.81. The highest BCUT2D eigenvalue weighted by Crippen LogP contribution is 2.23. The quantitative estimate of drug-likeness (QED) is 0.854. The summed E-state index contributed by atoms with van der Waals surface area (Å²) in [5.74, 6) is 0.145. The van der Waals surface area contributed by atoms with Crippen LogP contribution in [0.15, 0.2) is 48.5 Å². The summed E-state index contributed by atoms with van der Waals surface area (Å²) in [6.07, 6.45) is -0.0988. The number of rotatable bonds is 5. The van der Waals surface area contributed by atoms with Crippen molar-refractivity contribution in [2.75, 3.05) is 13.2 Å². The molecule has 0 aromatic heterocycles. The molecule has 0 spiro atoms. The zero-order valence-electron chi connectivity index (χ0n) is 13.7. The van der Waals surface area contributed by atoms with Crippen molar-refractivity contribution in [2.45, 2.75) is 25.7 Å². The van der Waals surface area contributed by atoms with E-state index in [2.05, 4.69) is 0 Å². The van der Waals surface area contributed by atoms with Crippen LogP contribution in [0.1, 0.15) is 29.8 Å². The Hall–Kier alpha value is -2.37. The minimum atomic E-state index is -0.561. The molecule has 1 aliphatic rings. The molecule has 5 nitrogen and oxygen atoms in total. The lowest BCUT2D eigenvalue weighted by molar-refractivity contribution is -0.141. The van der Waals surface area contributed by atoms with Gasteiger partial charge in [-0.3, -0.25) is 4.79 Å². The molecule has 24 heavy (non-hydrogen) atoms. The molecule has 1 saturated heterocycles. The largest absolute Gasteiger partial charge is 0.508 e. The van der Waals surface area contributed by atoms with E-state index < -0.39 is 5.79 Å². The summed E-state index contributed by atoms with van der Waals surface area (Å²) >= 11 is 0. The molecule has 0 radical (unpaired) electrons. The van der Waals surface area contributed by atoms with Gasteiger partial charge in [-0.2, -0.15) is 0 Å². The highest BCUT2D eigenvalue weighted by Gasteiger charge is 2.32. The van der Waals surface area contributed by atoms with Gasteiger partial charge in [0.15, 0.2) is 11.6 Å². The number of ketones is 1. The molecule has 1 atom stereocenters. The Morgan fingerprint density at radius 2 is 1.71 bits per heavy atom. The van der Waals surface area contributed by atoms with Crippen LogP contribution in [0, 0.1) is 0 Å². The maximum absolute atomic E-state index is 12.3. The first-order chi connectivity index (χ1) is 11.4. The number of phenolic OH excluding ortho intramolecular Hbond substituents is 1. The van der Waals surface area contributed by atoms with Gasteiger partial charge < -0.3 is 19.3 Å². The van der Waals surface area contributed by atoms with Crippen molar-refractivity contribution in [3.63, 3.8) is 0 Å². The van der Waals surface area contributed by atoms with Crippen LogP contribution in [0.4, 0.5) is 0 Å². The highest BCUT2D eigenvalue weighted by molar-refractivity contribution is 6.09. The Bertz CT molecular complexity index is 704. The Labute approximate surface area is 140 Å². The smallest absolute Gasteiger partial charge is 0.193 e. The first kappa shape index (κ1) is 16.5. The van der Waals surface area contributed by atoms with Crippen molar-refractivity contribution in [1.29, 1.82) is 0 Å². The van der Waals surface area contributed by atoms with E-state index >= 15 is 0 Å². The SMILES string of the molecule is CC1(C)OC[C@H](COc2ccc(C(=O)c3ccc(O)cc3)cc2)O1. The predicted octanol–water partition coefficient (Wildman–Crippen LogP) is 3.15. The fourth-order valence-electron chi connectivity index (χ4n) is 2.52. The highest BCUT2D eigenvalue weighted by atomic mass is 16.7. The fourth-order valence-corrected chi connectivity index (χ4v) is 2.52. The van der Waals surface area contributed by atoms with Gasteiger partial charge in [0.1, 0.15) is 24.2 Å². The summed E-state index contributed by atoms with van der Waals surface area (Å²) in [4.78, 5) is 12.3. The molecule has 0 bridgehead atoms. The number of phenols is 1. The van der Waals surface area contributed by atoms with E-state index in [1.165, 1.54) is 12.1 Å². The van der Waals surface area contributed by atoms with Crippen molar-refractivity contribution >= 4 is 5.78 Å². The van der Waals surface area contributed by atoms with Gasteiger partial charge in [-0.25, -0.2) is 0 Å². The van der Waals surface area contributed by atoms with E-state index in [9.17, 15) is 9.90 Å². The number of carbonyl (C=O) groups is 1. The van der Waals surface area contributed by atoms with Crippen LogP contribution in [-0.2, 0) is 9.47 Å². The first-order valence-electron chi connectivity index (χ1n) is 7.81. The molecule has 2 aromatic carbocycles. The van der Waals surface area contributed by atoms with Gasteiger partial charge in [0.25, 0.3) is 0 Å². The van der Waals surface area contributed by atoms with Crippen LogP contribution in [0.2, 0.25) is 0 Å². The second-order valence-corrected chi connectivity index (χ2v) is 6.16. The summed E-state index contributed by atoms with van der Waals surface area (Å²) < 4.78 is 16.9. The lowest BCUT2D eigenvalue weighted by Crippen LogP contribution is -2.25. The molecule has 1 aliphatic heterocycles. The standard InChI is InChI=1S/C19H20O5/c1-19(2)23-12-17(24-19)11-22-16-9-5-14(6-10-16)18(21)13-3-7-15(20)8-4-13/h3-10,17,20H,11-12H2,1-2H3/t17-/m0/s1. The predicted molar refractivity (Wildman–Crippen MR) is 88.4 cm³/mol. The van der Waals surface area contributed by atoms with E-state index in [1.54, 1.807) is 36.4 Å². The Balaban J connectivity index is 1.59. The summed E-state index contributed by atoms with van der Waals surface area (Å²) in [5, 5.41) is 9.28. The van der Waals surface area contributed by atoms with E-state index in [1.807, 2.05) is 13.8 Å². The maximum atomic E-state index is 12.3. The van der Waals surface area contributed by atoms with E-state index in [-0.39, 0.29) is 17.6 Å². The van der Waals surface area contributed by atoms with Crippen LogP contribution in [-0.4, -0.2) is 36.0 Å². The van der Waals surface area contributed by atoms with Crippen LogP contribution >= 0.6 is 0 Å². The molecule has 0 amide bonds. The zero-order chi connectivity index (χ0) is 17.2. The molecule has 126 valence electrons. The molecule has 0 saturated carbocycles. The monoisotopic (exact) mass is 328 g/mol.